The van der Waals surface area contributed by atoms with Crippen molar-refractivity contribution < 1.29 is 0 Å². The molecule has 0 aliphatic rings. The Morgan fingerprint density at radius 2 is 1.62 bits per heavy atom. The van der Waals surface area contributed by atoms with Crippen LogP contribution in [0.1, 0.15) is 51.9 Å². The van der Waals surface area contributed by atoms with E-state index in [1.165, 1.54) is 44.9 Å². The first kappa shape index (κ1) is 13.2. The van der Waals surface area contributed by atoms with Gasteiger partial charge >= 0.3 is 0 Å². The van der Waals surface area contributed by atoms with Crippen LogP contribution in [0.5, 0.6) is 0 Å². The smallest absolute Gasteiger partial charge is 0.131 e. The highest BCUT2D eigenvalue weighted by Crippen LogP contribution is 2.10. The molecule has 0 saturated heterocycles. The van der Waals surface area contributed by atoms with E-state index in [1.54, 1.807) is 11.8 Å². The van der Waals surface area contributed by atoms with E-state index in [1.807, 2.05) is 0 Å². The first-order valence-electron chi connectivity index (χ1n) is 5.19. The number of hydrogen-bond acceptors (Lipinski definition) is 2. The summed E-state index contributed by atoms with van der Waals surface area (Å²) in [7, 11) is 0. The van der Waals surface area contributed by atoms with Crippen molar-refractivity contribution in [2.45, 2.75) is 51.9 Å². The largest absolute Gasteiger partial charge is 0.385 e. The van der Waals surface area contributed by atoms with Gasteiger partial charge in [-0.3, -0.25) is 0 Å². The van der Waals surface area contributed by atoms with Gasteiger partial charge in [0.2, 0.25) is 0 Å². The van der Waals surface area contributed by atoms with Crippen LogP contribution >= 0.6 is 24.0 Å². The molecule has 3 heteroatoms. The Morgan fingerprint density at radius 1 is 1.08 bits per heavy atom. The van der Waals surface area contributed by atoms with E-state index >= 15 is 0 Å². The van der Waals surface area contributed by atoms with E-state index in [0.29, 0.717) is 4.32 Å². The number of thioether (sulfide) groups is 1. The monoisotopic (exact) mass is 219 g/mol. The summed E-state index contributed by atoms with van der Waals surface area (Å²) in [5.74, 6) is 1.10. The van der Waals surface area contributed by atoms with Gasteiger partial charge in [0.05, 0.1) is 0 Å². The minimum absolute atomic E-state index is 0.589. The maximum Gasteiger partial charge on any atom is 0.131 e. The topological polar surface area (TPSA) is 26.0 Å². The molecule has 1 nitrogen and oxygen atoms in total. The Morgan fingerprint density at radius 3 is 2.15 bits per heavy atom. The lowest BCUT2D eigenvalue weighted by molar-refractivity contribution is 0.604. The van der Waals surface area contributed by atoms with Gasteiger partial charge < -0.3 is 5.73 Å². The SMILES string of the molecule is CCCCCCCCCSC(N)=S. The highest BCUT2D eigenvalue weighted by Gasteiger charge is 1.92. The predicted octanol–water partition coefficient (Wildman–Crippen LogP) is 3.71. The second-order valence-corrected chi connectivity index (χ2v) is 5.12. The van der Waals surface area contributed by atoms with Crippen molar-refractivity contribution in [3.8, 4) is 0 Å². The summed E-state index contributed by atoms with van der Waals surface area (Å²) in [5, 5.41) is 0. The van der Waals surface area contributed by atoms with Gasteiger partial charge in [0.15, 0.2) is 0 Å². The lowest BCUT2D eigenvalue weighted by Crippen LogP contribution is -2.02. The lowest BCUT2D eigenvalue weighted by atomic mass is 10.1. The molecule has 0 rings (SSSR count). The van der Waals surface area contributed by atoms with E-state index in [9.17, 15) is 0 Å². The van der Waals surface area contributed by atoms with Gasteiger partial charge in [-0.05, 0) is 6.42 Å². The van der Waals surface area contributed by atoms with Gasteiger partial charge in [0, 0.05) is 5.75 Å². The van der Waals surface area contributed by atoms with Crippen LogP contribution in [0.25, 0.3) is 0 Å². The average Bonchev–Trinajstić information content (AvgIpc) is 2.09. The van der Waals surface area contributed by atoms with Crippen molar-refractivity contribution in [1.29, 1.82) is 0 Å². The second kappa shape index (κ2) is 10.3. The molecule has 0 bridgehead atoms. The molecule has 2 N–H and O–H groups in total. The molecule has 0 radical (unpaired) electrons. The molecule has 0 aromatic heterocycles. The number of thiocarbonyl (C=S) groups is 1. The fourth-order valence-electron chi connectivity index (χ4n) is 1.23. The Balaban J connectivity index is 2.87. The Kier molecular flexibility index (Phi) is 10.5. The van der Waals surface area contributed by atoms with Crippen molar-refractivity contribution in [3.63, 3.8) is 0 Å². The average molecular weight is 219 g/mol. The zero-order chi connectivity index (χ0) is 9.94. The summed E-state index contributed by atoms with van der Waals surface area (Å²) >= 11 is 6.38. The van der Waals surface area contributed by atoms with Gasteiger partial charge in [-0.1, -0.05) is 69.4 Å². The fraction of sp³-hybridized carbons (Fsp3) is 0.900. The molecule has 0 aromatic carbocycles. The van der Waals surface area contributed by atoms with Crippen molar-refractivity contribution in [3.05, 3.63) is 0 Å². The van der Waals surface area contributed by atoms with Crippen molar-refractivity contribution in [2.24, 2.45) is 5.73 Å². The second-order valence-electron chi connectivity index (χ2n) is 3.29. The zero-order valence-electron chi connectivity index (χ0n) is 8.55. The first-order valence-corrected chi connectivity index (χ1v) is 6.59. The van der Waals surface area contributed by atoms with Gasteiger partial charge in [-0.2, -0.15) is 0 Å². The third kappa shape index (κ3) is 12.2. The summed E-state index contributed by atoms with van der Waals surface area (Å²) < 4.78 is 0.589. The first-order chi connectivity index (χ1) is 6.27. The van der Waals surface area contributed by atoms with E-state index < -0.39 is 0 Å². The van der Waals surface area contributed by atoms with Gasteiger partial charge in [0.1, 0.15) is 4.32 Å². The molecule has 0 fully saturated rings. The van der Waals surface area contributed by atoms with Crippen molar-refractivity contribution in [1.82, 2.24) is 0 Å². The minimum Gasteiger partial charge on any atom is -0.385 e. The standard InChI is InChI=1S/C10H21NS2/c1-2-3-4-5-6-7-8-9-13-10(11)12/h2-9H2,1H3,(H2,11,12). The third-order valence-electron chi connectivity index (χ3n) is 1.99. The lowest BCUT2D eigenvalue weighted by Gasteiger charge is -2.00. The molecule has 0 aromatic rings. The van der Waals surface area contributed by atoms with Crippen molar-refractivity contribution in [2.75, 3.05) is 5.75 Å². The Hall–Kier alpha value is 0.240. The van der Waals surface area contributed by atoms with Crippen molar-refractivity contribution >= 4 is 28.3 Å². The highest BCUT2D eigenvalue weighted by molar-refractivity contribution is 8.22. The quantitative estimate of drug-likeness (QED) is 0.498. The molecule has 0 aliphatic heterocycles. The Bertz CT molecular complexity index is 126. The number of unbranched alkanes of at least 4 members (excludes halogenated alkanes) is 6. The normalized spacial score (nSPS) is 10.2. The van der Waals surface area contributed by atoms with Crippen LogP contribution in [0.3, 0.4) is 0 Å². The van der Waals surface area contributed by atoms with E-state index in [4.69, 9.17) is 18.0 Å². The molecule has 78 valence electrons. The summed E-state index contributed by atoms with van der Waals surface area (Å²) in [5.41, 5.74) is 5.37. The molecule has 0 unspecified atom stereocenters. The van der Waals surface area contributed by atoms with Gasteiger partial charge in [-0.25, -0.2) is 0 Å². The fourth-order valence-corrected chi connectivity index (χ4v) is 2.03. The number of hydrogen-bond donors (Lipinski definition) is 1. The number of rotatable bonds is 8. The molecular formula is C10H21NS2. The Labute approximate surface area is 91.8 Å². The van der Waals surface area contributed by atoms with E-state index in [2.05, 4.69) is 6.92 Å². The molecule has 0 amide bonds. The highest BCUT2D eigenvalue weighted by atomic mass is 32.2. The molecule has 0 aliphatic carbocycles. The van der Waals surface area contributed by atoms with E-state index in [0.717, 1.165) is 5.75 Å². The summed E-state index contributed by atoms with van der Waals surface area (Å²) in [6.07, 6.45) is 9.48. The summed E-state index contributed by atoms with van der Waals surface area (Å²) in [4.78, 5) is 0. The third-order valence-corrected chi connectivity index (χ3v) is 3.12. The molecule has 13 heavy (non-hydrogen) atoms. The van der Waals surface area contributed by atoms with Crippen LogP contribution in [0, 0.1) is 0 Å². The van der Waals surface area contributed by atoms with Crippen LogP contribution in [-0.4, -0.2) is 10.1 Å². The van der Waals surface area contributed by atoms with Crippen LogP contribution < -0.4 is 5.73 Å². The molecule has 0 atom stereocenters. The van der Waals surface area contributed by atoms with Crippen LogP contribution in [-0.2, 0) is 0 Å². The predicted molar refractivity (Wildman–Crippen MR) is 67.2 cm³/mol. The van der Waals surface area contributed by atoms with E-state index in [-0.39, 0.29) is 0 Å². The zero-order valence-corrected chi connectivity index (χ0v) is 10.2. The molecular weight excluding hydrogens is 198 g/mol. The molecule has 0 heterocycles. The maximum atomic E-state index is 5.37. The summed E-state index contributed by atoms with van der Waals surface area (Å²) in [6.45, 7) is 2.25. The maximum absolute atomic E-state index is 5.37. The minimum atomic E-state index is 0.589. The van der Waals surface area contributed by atoms with Crippen LogP contribution in [0.15, 0.2) is 0 Å². The van der Waals surface area contributed by atoms with Gasteiger partial charge in [0.25, 0.3) is 0 Å². The molecule has 0 saturated carbocycles. The number of nitrogens with two attached hydrogens (primary N) is 1. The van der Waals surface area contributed by atoms with Crippen LogP contribution in [0.4, 0.5) is 0 Å². The van der Waals surface area contributed by atoms with Gasteiger partial charge in [-0.15, -0.1) is 0 Å². The summed E-state index contributed by atoms with van der Waals surface area (Å²) in [6, 6.07) is 0. The molecule has 0 spiro atoms. The van der Waals surface area contributed by atoms with Crippen LogP contribution in [0.2, 0.25) is 0 Å².